The van der Waals surface area contributed by atoms with Crippen LogP contribution in [-0.4, -0.2) is 34.5 Å². The minimum atomic E-state index is -0.588. The molecule has 1 fully saturated rings. The molecule has 0 atom stereocenters. The number of nitrogens with one attached hydrogen (secondary N) is 1. The molecule has 1 aromatic heterocycles. The average molecular weight is 327 g/mol. The first-order chi connectivity index (χ1) is 8.95. The Morgan fingerprint density at radius 2 is 2.21 bits per heavy atom. The molecular weight excluding hydrogens is 308 g/mol. The highest BCUT2D eigenvalue weighted by molar-refractivity contribution is 9.10. The summed E-state index contributed by atoms with van der Waals surface area (Å²) in [5, 5.41) is 2.89. The molecule has 19 heavy (non-hydrogen) atoms. The zero-order valence-corrected chi connectivity index (χ0v) is 13.1. The van der Waals surface area contributed by atoms with Crippen molar-refractivity contribution >= 4 is 27.7 Å². The summed E-state index contributed by atoms with van der Waals surface area (Å²) in [5.41, 5.74) is -0.588. The molecule has 0 bridgehead atoms. The third-order valence-electron chi connectivity index (χ3n) is 3.33. The summed E-state index contributed by atoms with van der Waals surface area (Å²) < 4.78 is 0.766. The number of aromatic nitrogens is 2. The molecule has 0 radical (unpaired) electrons. The number of piperazine rings is 1. The first-order valence-electron chi connectivity index (χ1n) is 6.54. The molecule has 0 unspecified atom stereocenters. The Bertz CT molecular complexity index is 490. The summed E-state index contributed by atoms with van der Waals surface area (Å²) in [4.78, 5) is 23.0. The molecule has 1 aromatic rings. The number of aryl methyl sites for hydroxylation is 1. The number of rotatable bonds is 3. The Morgan fingerprint density at radius 1 is 1.47 bits per heavy atom. The largest absolute Gasteiger partial charge is 0.352 e. The molecule has 1 aliphatic heterocycles. The molecule has 5 nitrogen and oxygen atoms in total. The van der Waals surface area contributed by atoms with Crippen molar-refractivity contribution < 1.29 is 4.79 Å². The highest BCUT2D eigenvalue weighted by Gasteiger charge is 2.38. The second-order valence-electron chi connectivity index (χ2n) is 5.18. The highest BCUT2D eigenvalue weighted by Crippen LogP contribution is 2.26. The lowest BCUT2D eigenvalue weighted by atomic mass is 9.99. The van der Waals surface area contributed by atoms with Gasteiger partial charge in [0.1, 0.15) is 21.8 Å². The van der Waals surface area contributed by atoms with Crippen LogP contribution in [0, 0.1) is 0 Å². The Balaban J connectivity index is 2.37. The second kappa shape index (κ2) is 5.45. The van der Waals surface area contributed by atoms with E-state index < -0.39 is 5.54 Å². The monoisotopic (exact) mass is 326 g/mol. The van der Waals surface area contributed by atoms with E-state index in [4.69, 9.17) is 0 Å². The van der Waals surface area contributed by atoms with E-state index in [1.807, 2.05) is 24.8 Å². The molecule has 0 spiro atoms. The standard InChI is InChI=1S/C13H19BrN4O/c1-4-5-10-16-9(14)8-11(17-10)18-7-6-15-12(19)13(18,2)3/h8H,4-7H2,1-3H3,(H,15,19). The van der Waals surface area contributed by atoms with Gasteiger partial charge in [-0.1, -0.05) is 6.92 Å². The van der Waals surface area contributed by atoms with E-state index >= 15 is 0 Å². The van der Waals surface area contributed by atoms with Gasteiger partial charge in [0.15, 0.2) is 0 Å². The van der Waals surface area contributed by atoms with Gasteiger partial charge in [0.25, 0.3) is 0 Å². The second-order valence-corrected chi connectivity index (χ2v) is 5.99. The van der Waals surface area contributed by atoms with Crippen LogP contribution in [-0.2, 0) is 11.2 Å². The Kier molecular flexibility index (Phi) is 4.08. The Hall–Kier alpha value is -1.17. The van der Waals surface area contributed by atoms with E-state index in [0.717, 1.165) is 35.6 Å². The lowest BCUT2D eigenvalue weighted by Crippen LogP contribution is -2.62. The summed E-state index contributed by atoms with van der Waals surface area (Å²) in [5.74, 6) is 1.66. The fraction of sp³-hybridized carbons (Fsp3) is 0.615. The van der Waals surface area contributed by atoms with Crippen LogP contribution in [0.1, 0.15) is 33.0 Å². The van der Waals surface area contributed by atoms with Crippen molar-refractivity contribution in [2.45, 2.75) is 39.2 Å². The molecule has 2 rings (SSSR count). The first kappa shape index (κ1) is 14.2. The van der Waals surface area contributed by atoms with Crippen molar-refractivity contribution in [2.75, 3.05) is 18.0 Å². The van der Waals surface area contributed by atoms with Gasteiger partial charge in [-0.25, -0.2) is 9.97 Å². The molecule has 104 valence electrons. The third-order valence-corrected chi connectivity index (χ3v) is 3.74. The molecule has 0 saturated carbocycles. The van der Waals surface area contributed by atoms with Gasteiger partial charge in [0, 0.05) is 25.6 Å². The average Bonchev–Trinajstić information content (AvgIpc) is 2.32. The Labute approximate surface area is 121 Å². The molecule has 0 aromatic carbocycles. The topological polar surface area (TPSA) is 58.1 Å². The van der Waals surface area contributed by atoms with Crippen LogP contribution >= 0.6 is 15.9 Å². The molecule has 6 heteroatoms. The Morgan fingerprint density at radius 3 is 2.89 bits per heavy atom. The molecule has 1 N–H and O–H groups in total. The van der Waals surface area contributed by atoms with E-state index in [2.05, 4.69) is 38.1 Å². The van der Waals surface area contributed by atoms with Crippen molar-refractivity contribution in [1.82, 2.24) is 15.3 Å². The number of halogens is 1. The normalized spacial score (nSPS) is 18.3. The van der Waals surface area contributed by atoms with E-state index in [1.165, 1.54) is 0 Å². The maximum Gasteiger partial charge on any atom is 0.245 e. The smallest absolute Gasteiger partial charge is 0.245 e. The minimum absolute atomic E-state index is 0.0329. The van der Waals surface area contributed by atoms with Gasteiger partial charge in [0.2, 0.25) is 5.91 Å². The van der Waals surface area contributed by atoms with Crippen molar-refractivity contribution in [3.8, 4) is 0 Å². The molecule has 1 saturated heterocycles. The molecule has 1 amide bonds. The molecule has 1 aliphatic rings. The quantitative estimate of drug-likeness (QED) is 0.862. The van der Waals surface area contributed by atoms with Gasteiger partial charge in [-0.2, -0.15) is 0 Å². The molecular formula is C13H19BrN4O. The van der Waals surface area contributed by atoms with E-state index in [9.17, 15) is 4.79 Å². The summed E-state index contributed by atoms with van der Waals surface area (Å²) in [7, 11) is 0. The molecule has 0 aliphatic carbocycles. The number of hydrogen-bond donors (Lipinski definition) is 1. The van der Waals surface area contributed by atoms with Crippen LogP contribution in [0.15, 0.2) is 10.7 Å². The predicted octanol–water partition coefficient (Wildman–Crippen LogP) is 1.91. The summed E-state index contributed by atoms with van der Waals surface area (Å²) in [6.07, 6.45) is 1.84. The number of carbonyl (C=O) groups is 1. The van der Waals surface area contributed by atoms with Crippen molar-refractivity contribution in [3.05, 3.63) is 16.5 Å². The van der Waals surface area contributed by atoms with Crippen molar-refractivity contribution in [3.63, 3.8) is 0 Å². The SMILES string of the molecule is CCCc1nc(Br)cc(N2CCNC(=O)C2(C)C)n1. The highest BCUT2D eigenvalue weighted by atomic mass is 79.9. The van der Waals surface area contributed by atoms with Gasteiger partial charge in [-0.15, -0.1) is 0 Å². The summed E-state index contributed by atoms with van der Waals surface area (Å²) in [6, 6.07) is 1.87. The van der Waals surface area contributed by atoms with Gasteiger partial charge in [-0.05, 0) is 36.2 Å². The van der Waals surface area contributed by atoms with Gasteiger partial charge in [0.05, 0.1) is 0 Å². The first-order valence-corrected chi connectivity index (χ1v) is 7.34. The molecule has 2 heterocycles. The van der Waals surface area contributed by atoms with Crippen LogP contribution in [0.4, 0.5) is 5.82 Å². The summed E-state index contributed by atoms with van der Waals surface area (Å²) >= 11 is 3.42. The third kappa shape index (κ3) is 2.88. The van der Waals surface area contributed by atoms with Gasteiger partial charge in [-0.3, -0.25) is 4.79 Å². The summed E-state index contributed by atoms with van der Waals surface area (Å²) in [6.45, 7) is 7.33. The number of amides is 1. The maximum absolute atomic E-state index is 12.0. The van der Waals surface area contributed by atoms with Crippen molar-refractivity contribution in [2.24, 2.45) is 0 Å². The minimum Gasteiger partial charge on any atom is -0.352 e. The van der Waals surface area contributed by atoms with E-state index in [-0.39, 0.29) is 5.91 Å². The van der Waals surface area contributed by atoms with Gasteiger partial charge >= 0.3 is 0 Å². The van der Waals surface area contributed by atoms with Crippen LogP contribution in [0.25, 0.3) is 0 Å². The van der Waals surface area contributed by atoms with Gasteiger partial charge < -0.3 is 10.2 Å². The van der Waals surface area contributed by atoms with Crippen LogP contribution in [0.3, 0.4) is 0 Å². The predicted molar refractivity (Wildman–Crippen MR) is 78.2 cm³/mol. The van der Waals surface area contributed by atoms with Crippen LogP contribution in [0.2, 0.25) is 0 Å². The number of hydrogen-bond acceptors (Lipinski definition) is 4. The number of anilines is 1. The maximum atomic E-state index is 12.0. The fourth-order valence-corrected chi connectivity index (χ4v) is 2.64. The number of nitrogens with zero attached hydrogens (tertiary/aromatic N) is 3. The van der Waals surface area contributed by atoms with Crippen molar-refractivity contribution in [1.29, 1.82) is 0 Å². The fourth-order valence-electron chi connectivity index (χ4n) is 2.23. The van der Waals surface area contributed by atoms with Crippen LogP contribution < -0.4 is 10.2 Å². The zero-order chi connectivity index (χ0) is 14.0. The zero-order valence-electron chi connectivity index (χ0n) is 11.5. The van der Waals surface area contributed by atoms with E-state index in [0.29, 0.717) is 6.54 Å². The lowest BCUT2D eigenvalue weighted by Gasteiger charge is -2.42. The lowest BCUT2D eigenvalue weighted by molar-refractivity contribution is -0.126. The van der Waals surface area contributed by atoms with Crippen LogP contribution in [0.5, 0.6) is 0 Å². The number of carbonyl (C=O) groups excluding carboxylic acids is 1. The van der Waals surface area contributed by atoms with E-state index in [1.54, 1.807) is 0 Å².